The smallest absolute Gasteiger partial charge is 0.358 e. The minimum Gasteiger partial charge on any atom is -0.488 e. The number of morpholine rings is 1. The molecule has 188 valence electrons. The summed E-state index contributed by atoms with van der Waals surface area (Å²) in [7, 11) is 0. The van der Waals surface area contributed by atoms with E-state index in [1.807, 2.05) is 4.90 Å². The highest BCUT2D eigenvalue weighted by Gasteiger charge is 2.26. The molecule has 0 bridgehead atoms. The molecule has 1 aliphatic heterocycles. The molecule has 4 rings (SSSR count). The van der Waals surface area contributed by atoms with Crippen LogP contribution in [0.2, 0.25) is 0 Å². The molecule has 0 radical (unpaired) electrons. The Morgan fingerprint density at radius 1 is 1.03 bits per heavy atom. The lowest BCUT2D eigenvalue weighted by Crippen LogP contribution is -2.37. The van der Waals surface area contributed by atoms with Crippen LogP contribution in [0.4, 0.5) is 30.8 Å². The summed E-state index contributed by atoms with van der Waals surface area (Å²) in [5, 5.41) is 14.8. The number of nitrogens with zero attached hydrogens (tertiary/aromatic N) is 3. The van der Waals surface area contributed by atoms with E-state index in [1.165, 1.54) is 6.07 Å². The fraction of sp³-hybridized carbons (Fsp3) is 0.250. The maximum atomic E-state index is 13.3. The molecule has 36 heavy (non-hydrogen) atoms. The summed E-state index contributed by atoms with van der Waals surface area (Å²) in [5.41, 5.74) is 0.748. The number of carboxylic acid groups (broad SMARTS) is 1. The molecule has 3 N–H and O–H groups in total. The first-order chi connectivity index (χ1) is 17.4. The van der Waals surface area contributed by atoms with Crippen molar-refractivity contribution in [3.8, 4) is 17.1 Å². The highest BCUT2D eigenvalue weighted by Crippen LogP contribution is 2.33. The molecule has 3 aromatic rings. The van der Waals surface area contributed by atoms with Gasteiger partial charge in [0.05, 0.1) is 19.8 Å². The number of amides is 2. The van der Waals surface area contributed by atoms with E-state index in [-0.39, 0.29) is 29.6 Å². The van der Waals surface area contributed by atoms with Crippen LogP contribution in [-0.2, 0) is 4.74 Å². The number of urea groups is 1. The van der Waals surface area contributed by atoms with E-state index in [9.17, 15) is 23.5 Å². The second-order valence-electron chi connectivity index (χ2n) is 7.67. The summed E-state index contributed by atoms with van der Waals surface area (Å²) in [5.74, 6) is -2.70. The van der Waals surface area contributed by atoms with Gasteiger partial charge in [0.2, 0.25) is 0 Å². The van der Waals surface area contributed by atoms with Crippen molar-refractivity contribution in [2.45, 2.75) is 6.92 Å². The van der Waals surface area contributed by atoms with Gasteiger partial charge >= 0.3 is 12.0 Å². The molecule has 2 heterocycles. The number of nitrogens with one attached hydrogen (secondary N) is 2. The molecule has 0 spiro atoms. The average molecular weight is 499 g/mol. The number of benzene rings is 2. The Kier molecular flexibility index (Phi) is 7.54. The fourth-order valence-corrected chi connectivity index (χ4v) is 3.55. The van der Waals surface area contributed by atoms with Gasteiger partial charge in [-0.15, -0.1) is 0 Å². The van der Waals surface area contributed by atoms with Crippen molar-refractivity contribution in [2.75, 3.05) is 48.4 Å². The number of rotatable bonds is 7. The monoisotopic (exact) mass is 499 g/mol. The van der Waals surface area contributed by atoms with Crippen molar-refractivity contribution in [3.63, 3.8) is 0 Å². The van der Waals surface area contributed by atoms with Gasteiger partial charge in [0.25, 0.3) is 0 Å². The highest BCUT2D eigenvalue weighted by molar-refractivity contribution is 5.99. The van der Waals surface area contributed by atoms with Crippen LogP contribution in [0.5, 0.6) is 5.75 Å². The lowest BCUT2D eigenvalue weighted by atomic mass is 10.2. The van der Waals surface area contributed by atoms with Gasteiger partial charge < -0.3 is 30.1 Å². The molecule has 0 saturated carbocycles. The van der Waals surface area contributed by atoms with Crippen molar-refractivity contribution >= 4 is 29.2 Å². The first kappa shape index (κ1) is 24.8. The van der Waals surface area contributed by atoms with Gasteiger partial charge in [-0.3, -0.25) is 0 Å². The molecule has 1 aromatic heterocycles. The van der Waals surface area contributed by atoms with Gasteiger partial charge in [0.15, 0.2) is 34.7 Å². The van der Waals surface area contributed by atoms with E-state index in [0.29, 0.717) is 43.4 Å². The van der Waals surface area contributed by atoms with Crippen LogP contribution in [0, 0.1) is 11.6 Å². The molecule has 12 heteroatoms. The molecule has 0 aliphatic carbocycles. The average Bonchev–Trinajstić information content (AvgIpc) is 2.87. The third-order valence-corrected chi connectivity index (χ3v) is 5.23. The normalized spacial score (nSPS) is 13.2. The first-order valence-electron chi connectivity index (χ1n) is 11.1. The number of hydrogen-bond acceptors (Lipinski definition) is 7. The predicted molar refractivity (Wildman–Crippen MR) is 128 cm³/mol. The number of carbonyl (C=O) groups excluding carboxylic acids is 1. The molecule has 0 unspecified atom stereocenters. The van der Waals surface area contributed by atoms with E-state index in [4.69, 9.17) is 9.47 Å². The Bertz CT molecular complexity index is 1270. The second-order valence-corrected chi connectivity index (χ2v) is 7.67. The summed E-state index contributed by atoms with van der Waals surface area (Å²) < 4.78 is 37.4. The molecular weight excluding hydrogens is 476 g/mol. The van der Waals surface area contributed by atoms with Gasteiger partial charge in [0, 0.05) is 36.1 Å². The third-order valence-electron chi connectivity index (χ3n) is 5.23. The van der Waals surface area contributed by atoms with Crippen molar-refractivity contribution in [2.24, 2.45) is 0 Å². The zero-order chi connectivity index (χ0) is 25.7. The zero-order valence-corrected chi connectivity index (χ0v) is 19.3. The molecule has 1 fully saturated rings. The molecule has 2 aromatic carbocycles. The number of carbonyl (C=O) groups is 2. The summed E-state index contributed by atoms with van der Waals surface area (Å²) in [6, 6.07) is 8.75. The molecule has 0 atom stereocenters. The van der Waals surface area contributed by atoms with Crippen LogP contribution >= 0.6 is 0 Å². The maximum Gasteiger partial charge on any atom is 0.358 e. The van der Waals surface area contributed by atoms with E-state index in [1.54, 1.807) is 31.2 Å². The molecular formula is C24H23F2N5O5. The number of ether oxygens (including phenoxy) is 2. The first-order valence-corrected chi connectivity index (χ1v) is 11.1. The van der Waals surface area contributed by atoms with Crippen molar-refractivity contribution < 1.29 is 33.0 Å². The number of aromatic nitrogens is 2. The molecule has 1 aliphatic rings. The fourth-order valence-electron chi connectivity index (χ4n) is 3.55. The van der Waals surface area contributed by atoms with Crippen LogP contribution in [0.1, 0.15) is 17.4 Å². The maximum absolute atomic E-state index is 13.3. The third kappa shape index (κ3) is 5.66. The van der Waals surface area contributed by atoms with Crippen molar-refractivity contribution in [1.82, 2.24) is 9.97 Å². The standard InChI is InChI=1S/C24H23F2N5O5/c1-2-36-20-19(23(32)33)29-21(30-22(20)31-9-11-35-12-10-31)14-3-5-15(6-4-14)27-24(34)28-16-7-8-17(25)18(26)13-16/h3-8,13H,2,9-12H2,1H3,(H,32,33)(H2,27,28,34). The van der Waals surface area contributed by atoms with E-state index in [0.717, 1.165) is 12.1 Å². The van der Waals surface area contributed by atoms with Crippen molar-refractivity contribution in [1.29, 1.82) is 0 Å². The topological polar surface area (TPSA) is 126 Å². The van der Waals surface area contributed by atoms with Gasteiger partial charge in [-0.2, -0.15) is 0 Å². The molecule has 10 nitrogen and oxygen atoms in total. The van der Waals surface area contributed by atoms with Gasteiger partial charge in [0.1, 0.15) is 0 Å². The Balaban J connectivity index is 1.57. The zero-order valence-electron chi connectivity index (χ0n) is 19.3. The minimum atomic E-state index is -1.25. The van der Waals surface area contributed by atoms with Gasteiger partial charge in [-0.05, 0) is 43.3 Å². The number of hydrogen-bond donors (Lipinski definition) is 3. The minimum absolute atomic E-state index is 0.0858. The Labute approximate surface area is 204 Å². The Morgan fingerprint density at radius 3 is 2.33 bits per heavy atom. The van der Waals surface area contributed by atoms with Crippen LogP contribution < -0.4 is 20.3 Å². The Morgan fingerprint density at radius 2 is 1.69 bits per heavy atom. The summed E-state index contributed by atoms with van der Waals surface area (Å²) in [4.78, 5) is 34.9. The molecule has 1 saturated heterocycles. The van der Waals surface area contributed by atoms with E-state index < -0.39 is 23.6 Å². The summed E-state index contributed by atoms with van der Waals surface area (Å²) in [6.07, 6.45) is 0. The second kappa shape index (κ2) is 11.0. The lowest BCUT2D eigenvalue weighted by Gasteiger charge is -2.29. The van der Waals surface area contributed by atoms with Crippen molar-refractivity contribution in [3.05, 3.63) is 59.8 Å². The molecule has 2 amide bonds. The predicted octanol–water partition coefficient (Wildman–Crippen LogP) is 4.00. The number of carboxylic acids is 1. The van der Waals surface area contributed by atoms with Gasteiger partial charge in [-0.25, -0.2) is 28.3 Å². The lowest BCUT2D eigenvalue weighted by molar-refractivity contribution is 0.0685. The highest BCUT2D eigenvalue weighted by atomic mass is 19.2. The van der Waals surface area contributed by atoms with E-state index >= 15 is 0 Å². The van der Waals surface area contributed by atoms with Crippen LogP contribution in [0.3, 0.4) is 0 Å². The van der Waals surface area contributed by atoms with Gasteiger partial charge in [-0.1, -0.05) is 0 Å². The SMILES string of the molecule is CCOc1c(C(=O)O)nc(-c2ccc(NC(=O)Nc3ccc(F)c(F)c3)cc2)nc1N1CCOCC1. The number of aromatic carboxylic acids is 1. The quantitative estimate of drug-likeness (QED) is 0.445. The largest absolute Gasteiger partial charge is 0.488 e. The van der Waals surface area contributed by atoms with Crippen LogP contribution in [-0.4, -0.2) is 60.0 Å². The Hall–Kier alpha value is -4.32. The van der Waals surface area contributed by atoms with Crippen LogP contribution in [0.25, 0.3) is 11.4 Å². The van der Waals surface area contributed by atoms with Crippen LogP contribution in [0.15, 0.2) is 42.5 Å². The number of anilines is 3. The summed E-state index contributed by atoms with van der Waals surface area (Å²) in [6.45, 7) is 3.97. The summed E-state index contributed by atoms with van der Waals surface area (Å²) >= 11 is 0. The van der Waals surface area contributed by atoms with E-state index in [2.05, 4.69) is 20.6 Å². The number of halogens is 2.